The van der Waals surface area contributed by atoms with Gasteiger partial charge >= 0.3 is 5.97 Å². The van der Waals surface area contributed by atoms with E-state index in [2.05, 4.69) is 10.1 Å². The number of aromatic nitrogens is 2. The molecule has 1 aliphatic rings. The van der Waals surface area contributed by atoms with Gasteiger partial charge in [0.2, 0.25) is 11.8 Å². The third-order valence-electron chi connectivity index (χ3n) is 2.52. The van der Waals surface area contributed by atoms with Gasteiger partial charge in [-0.25, -0.2) is 0 Å². The first-order chi connectivity index (χ1) is 8.54. The van der Waals surface area contributed by atoms with Gasteiger partial charge in [-0.1, -0.05) is 5.16 Å². The van der Waals surface area contributed by atoms with Crippen LogP contribution >= 0.6 is 0 Å². The standard InChI is InChI=1S/C10H14N4O4/c11-7(15)3-14(5-9(16)17)4-8-12-10(13-18-8)6-1-2-6/h6H,1-5H2,(H2,11,15)(H,16,17). The predicted octanol–water partition coefficient (Wildman–Crippen LogP) is -0.681. The number of carboxylic acids is 1. The van der Waals surface area contributed by atoms with Gasteiger partial charge in [0.25, 0.3) is 0 Å². The second-order valence-electron chi connectivity index (χ2n) is 4.33. The molecule has 0 aliphatic heterocycles. The van der Waals surface area contributed by atoms with Crippen molar-refractivity contribution in [2.24, 2.45) is 5.73 Å². The van der Waals surface area contributed by atoms with Crippen molar-refractivity contribution >= 4 is 11.9 Å². The molecule has 0 atom stereocenters. The molecule has 1 saturated carbocycles. The molecule has 18 heavy (non-hydrogen) atoms. The molecule has 0 aromatic carbocycles. The Morgan fingerprint density at radius 3 is 2.72 bits per heavy atom. The van der Waals surface area contributed by atoms with Gasteiger partial charge in [0, 0.05) is 5.92 Å². The molecule has 0 bridgehead atoms. The van der Waals surface area contributed by atoms with Gasteiger partial charge in [0.05, 0.1) is 19.6 Å². The second kappa shape index (κ2) is 5.13. The number of nitrogens with zero attached hydrogens (tertiary/aromatic N) is 3. The van der Waals surface area contributed by atoms with Gasteiger partial charge in [-0.2, -0.15) is 4.98 Å². The lowest BCUT2D eigenvalue weighted by atomic mass is 10.4. The summed E-state index contributed by atoms with van der Waals surface area (Å²) in [5.41, 5.74) is 5.05. The van der Waals surface area contributed by atoms with Crippen molar-refractivity contribution in [1.82, 2.24) is 15.0 Å². The number of rotatable bonds is 7. The van der Waals surface area contributed by atoms with Gasteiger partial charge in [-0.15, -0.1) is 0 Å². The van der Waals surface area contributed by atoms with Crippen LogP contribution in [0.15, 0.2) is 4.52 Å². The minimum Gasteiger partial charge on any atom is -0.480 e. The normalized spacial score (nSPS) is 14.9. The van der Waals surface area contributed by atoms with Gasteiger partial charge in [-0.05, 0) is 12.8 Å². The molecule has 1 aromatic rings. The van der Waals surface area contributed by atoms with Crippen molar-refractivity contribution in [3.63, 3.8) is 0 Å². The molecule has 1 amide bonds. The molecule has 98 valence electrons. The molecule has 1 aromatic heterocycles. The summed E-state index contributed by atoms with van der Waals surface area (Å²) in [5.74, 6) is -0.318. The minimum absolute atomic E-state index is 0.106. The maximum absolute atomic E-state index is 10.8. The van der Waals surface area contributed by atoms with Crippen LogP contribution in [0.5, 0.6) is 0 Å². The van der Waals surface area contributed by atoms with E-state index in [-0.39, 0.29) is 19.6 Å². The maximum atomic E-state index is 10.8. The second-order valence-corrected chi connectivity index (χ2v) is 4.33. The average molecular weight is 254 g/mol. The first-order valence-corrected chi connectivity index (χ1v) is 5.59. The van der Waals surface area contributed by atoms with E-state index in [4.69, 9.17) is 15.4 Å². The zero-order valence-electron chi connectivity index (χ0n) is 9.70. The summed E-state index contributed by atoms with van der Waals surface area (Å²) >= 11 is 0. The van der Waals surface area contributed by atoms with E-state index in [1.807, 2.05) is 0 Å². The molecule has 8 nitrogen and oxygen atoms in total. The van der Waals surface area contributed by atoms with Crippen LogP contribution in [0.2, 0.25) is 0 Å². The lowest BCUT2D eigenvalue weighted by Gasteiger charge is -2.15. The Morgan fingerprint density at radius 1 is 1.44 bits per heavy atom. The molecular formula is C10H14N4O4. The number of amides is 1. The monoisotopic (exact) mass is 254 g/mol. The van der Waals surface area contributed by atoms with Crippen molar-refractivity contribution in [2.45, 2.75) is 25.3 Å². The van der Waals surface area contributed by atoms with Crippen molar-refractivity contribution in [1.29, 1.82) is 0 Å². The highest BCUT2D eigenvalue weighted by molar-refractivity contribution is 5.77. The van der Waals surface area contributed by atoms with E-state index in [9.17, 15) is 9.59 Å². The Balaban J connectivity index is 1.96. The first kappa shape index (κ1) is 12.5. The minimum atomic E-state index is -1.04. The van der Waals surface area contributed by atoms with E-state index < -0.39 is 11.9 Å². The summed E-state index contributed by atoms with van der Waals surface area (Å²) in [4.78, 5) is 27.0. The van der Waals surface area contributed by atoms with Gasteiger partial charge in [-0.3, -0.25) is 14.5 Å². The Labute approximate surface area is 103 Å². The summed E-state index contributed by atoms with van der Waals surface area (Å²) < 4.78 is 5.01. The molecule has 0 saturated heterocycles. The van der Waals surface area contributed by atoms with Crippen LogP contribution in [0.3, 0.4) is 0 Å². The number of primary amides is 1. The highest BCUT2D eigenvalue weighted by Gasteiger charge is 2.29. The fourth-order valence-corrected chi connectivity index (χ4v) is 1.61. The van der Waals surface area contributed by atoms with E-state index in [1.165, 1.54) is 4.90 Å². The van der Waals surface area contributed by atoms with Crippen LogP contribution in [0.25, 0.3) is 0 Å². The van der Waals surface area contributed by atoms with E-state index in [0.717, 1.165) is 12.8 Å². The molecular weight excluding hydrogens is 240 g/mol. The molecule has 2 rings (SSSR count). The van der Waals surface area contributed by atoms with Crippen molar-refractivity contribution in [3.05, 3.63) is 11.7 Å². The van der Waals surface area contributed by atoms with Crippen molar-refractivity contribution in [2.75, 3.05) is 13.1 Å². The van der Waals surface area contributed by atoms with E-state index in [0.29, 0.717) is 17.6 Å². The highest BCUT2D eigenvalue weighted by atomic mass is 16.5. The molecule has 8 heteroatoms. The third-order valence-corrected chi connectivity index (χ3v) is 2.52. The molecule has 0 radical (unpaired) electrons. The van der Waals surface area contributed by atoms with Crippen LogP contribution < -0.4 is 5.73 Å². The van der Waals surface area contributed by atoms with Crippen LogP contribution in [0.4, 0.5) is 0 Å². The largest absolute Gasteiger partial charge is 0.480 e. The van der Waals surface area contributed by atoms with Crippen molar-refractivity contribution < 1.29 is 19.2 Å². The summed E-state index contributed by atoms with van der Waals surface area (Å²) in [6, 6.07) is 0. The molecule has 1 aliphatic carbocycles. The molecule has 3 N–H and O–H groups in total. The Kier molecular flexibility index (Phi) is 3.56. The lowest BCUT2D eigenvalue weighted by molar-refractivity contribution is -0.138. The number of hydrogen-bond donors (Lipinski definition) is 2. The number of hydrogen-bond acceptors (Lipinski definition) is 6. The van der Waals surface area contributed by atoms with E-state index in [1.54, 1.807) is 0 Å². The number of aliphatic carboxylic acids is 1. The van der Waals surface area contributed by atoms with Crippen LogP contribution in [0, 0.1) is 0 Å². The molecule has 1 fully saturated rings. The SMILES string of the molecule is NC(=O)CN(CC(=O)O)Cc1nc(C2CC2)no1. The third kappa shape index (κ3) is 3.52. The van der Waals surface area contributed by atoms with Crippen LogP contribution in [-0.2, 0) is 16.1 Å². The summed E-state index contributed by atoms with van der Waals surface area (Å²) in [6.45, 7) is -0.355. The quantitative estimate of drug-likeness (QED) is 0.660. The number of carbonyl (C=O) groups excluding carboxylic acids is 1. The molecule has 1 heterocycles. The van der Waals surface area contributed by atoms with E-state index >= 15 is 0 Å². The zero-order valence-corrected chi connectivity index (χ0v) is 9.70. The highest BCUT2D eigenvalue weighted by Crippen LogP contribution is 2.38. The summed E-state index contributed by atoms with van der Waals surface area (Å²) in [5, 5.41) is 12.5. The topological polar surface area (TPSA) is 123 Å². The number of nitrogens with two attached hydrogens (primary N) is 1. The lowest BCUT2D eigenvalue weighted by Crippen LogP contribution is -2.36. The first-order valence-electron chi connectivity index (χ1n) is 5.59. The fourth-order valence-electron chi connectivity index (χ4n) is 1.61. The van der Waals surface area contributed by atoms with Crippen LogP contribution in [-0.4, -0.2) is 45.1 Å². The summed E-state index contributed by atoms with van der Waals surface area (Å²) in [6.07, 6.45) is 2.11. The predicted molar refractivity (Wildman–Crippen MR) is 58.4 cm³/mol. The summed E-state index contributed by atoms with van der Waals surface area (Å²) in [7, 11) is 0. The Hall–Kier alpha value is -1.96. The van der Waals surface area contributed by atoms with Gasteiger partial charge < -0.3 is 15.4 Å². The van der Waals surface area contributed by atoms with Crippen LogP contribution in [0.1, 0.15) is 30.5 Å². The number of carboxylic acid groups (broad SMARTS) is 1. The molecule has 0 unspecified atom stereocenters. The maximum Gasteiger partial charge on any atom is 0.317 e. The van der Waals surface area contributed by atoms with Crippen molar-refractivity contribution in [3.8, 4) is 0 Å². The smallest absolute Gasteiger partial charge is 0.317 e. The van der Waals surface area contributed by atoms with Gasteiger partial charge in [0.1, 0.15) is 0 Å². The average Bonchev–Trinajstić information content (AvgIpc) is 2.98. The Bertz CT molecular complexity index is 438. The number of carbonyl (C=O) groups is 2. The van der Waals surface area contributed by atoms with Gasteiger partial charge in [0.15, 0.2) is 5.82 Å². The molecule has 0 spiro atoms. The fraction of sp³-hybridized carbons (Fsp3) is 0.600. The zero-order chi connectivity index (χ0) is 13.1. The Morgan fingerprint density at radius 2 is 2.17 bits per heavy atom.